The maximum Gasteiger partial charge on any atom is 0.112 e. The Bertz CT molecular complexity index is 960. The Morgan fingerprint density at radius 3 is 1.39 bits per heavy atom. The highest BCUT2D eigenvalue weighted by molar-refractivity contribution is 7.95. The smallest absolute Gasteiger partial charge is 0.112 e. The first-order chi connectivity index (χ1) is 14.7. The van der Waals surface area contributed by atoms with Crippen LogP contribution in [0, 0.1) is 0 Å². The average Bonchev–Trinajstić information content (AvgIpc) is 2.82. The van der Waals surface area contributed by atoms with E-state index < -0.39 is 13.4 Å². The van der Waals surface area contributed by atoms with Gasteiger partial charge in [0.25, 0.3) is 0 Å². The Balaban J connectivity index is 0.00000272. The maximum atomic E-state index is 11.0. The van der Waals surface area contributed by atoms with Crippen LogP contribution in [-0.2, 0) is 0 Å². The van der Waals surface area contributed by atoms with Gasteiger partial charge in [0.1, 0.15) is 23.2 Å². The molecule has 4 rings (SSSR count). The van der Waals surface area contributed by atoms with Crippen molar-refractivity contribution >= 4 is 34.8 Å². The van der Waals surface area contributed by atoms with E-state index in [0.29, 0.717) is 11.4 Å². The molecule has 1 nitrogen and oxygen atoms in total. The van der Waals surface area contributed by atoms with Crippen LogP contribution in [0.2, 0.25) is 5.02 Å². The van der Waals surface area contributed by atoms with Crippen molar-refractivity contribution in [2.45, 2.75) is 12.5 Å². The van der Waals surface area contributed by atoms with Crippen LogP contribution in [0.1, 0.15) is 18.1 Å². The maximum absolute atomic E-state index is 11.0. The quantitative estimate of drug-likeness (QED) is 0.379. The molecule has 31 heavy (non-hydrogen) atoms. The molecule has 0 spiro atoms. The van der Waals surface area contributed by atoms with Crippen molar-refractivity contribution in [1.82, 2.24) is 0 Å². The van der Waals surface area contributed by atoms with E-state index in [9.17, 15) is 5.11 Å². The van der Waals surface area contributed by atoms with Crippen molar-refractivity contribution in [3.8, 4) is 0 Å². The lowest BCUT2D eigenvalue weighted by molar-refractivity contribution is -0.00000746. The second-order valence-electron chi connectivity index (χ2n) is 7.40. The molecule has 1 atom stereocenters. The predicted octanol–water partition coefficient (Wildman–Crippen LogP) is 2.76. The molecule has 1 unspecified atom stereocenters. The van der Waals surface area contributed by atoms with Gasteiger partial charge in [0, 0.05) is 11.4 Å². The molecule has 0 aliphatic carbocycles. The van der Waals surface area contributed by atoms with E-state index in [1.54, 1.807) is 0 Å². The van der Waals surface area contributed by atoms with Gasteiger partial charge in [-0.05, 0) is 54.1 Å². The Morgan fingerprint density at radius 2 is 1.00 bits per heavy atom. The fourth-order valence-electron chi connectivity index (χ4n) is 4.05. The van der Waals surface area contributed by atoms with E-state index in [2.05, 4.69) is 91.0 Å². The van der Waals surface area contributed by atoms with Crippen LogP contribution in [-0.4, -0.2) is 11.3 Å². The summed E-state index contributed by atoms with van der Waals surface area (Å²) in [6.07, 6.45) is 1.03. The van der Waals surface area contributed by atoms with Crippen LogP contribution in [0.25, 0.3) is 0 Å². The lowest BCUT2D eigenvalue weighted by Crippen LogP contribution is -3.00. The molecule has 4 heteroatoms. The zero-order chi connectivity index (χ0) is 20.8. The SMILES string of the molecule is OC(CC[P+](c1ccccc1)(c1ccccc1)c1ccccc1)c1ccc(Cl)cc1.[Br-]. The minimum atomic E-state index is -1.92. The highest BCUT2D eigenvalue weighted by Crippen LogP contribution is 2.56. The highest BCUT2D eigenvalue weighted by atomic mass is 79.9. The van der Waals surface area contributed by atoms with Crippen molar-refractivity contribution in [1.29, 1.82) is 0 Å². The molecule has 0 bridgehead atoms. The Kier molecular flexibility index (Phi) is 8.46. The van der Waals surface area contributed by atoms with Gasteiger partial charge in [-0.3, -0.25) is 0 Å². The first-order valence-corrected chi connectivity index (χ1v) is 12.5. The number of aliphatic hydroxyl groups excluding tert-OH is 1. The van der Waals surface area contributed by atoms with E-state index >= 15 is 0 Å². The monoisotopic (exact) mass is 510 g/mol. The molecule has 0 aliphatic rings. The second-order valence-corrected chi connectivity index (χ2v) is 11.4. The predicted molar refractivity (Wildman–Crippen MR) is 131 cm³/mol. The van der Waals surface area contributed by atoms with Gasteiger partial charge in [0.05, 0.1) is 12.3 Å². The number of hydrogen-bond donors (Lipinski definition) is 1. The van der Waals surface area contributed by atoms with E-state index in [4.69, 9.17) is 11.6 Å². The molecule has 0 heterocycles. The Morgan fingerprint density at radius 1 is 0.613 bits per heavy atom. The molecule has 0 amide bonds. The van der Waals surface area contributed by atoms with E-state index in [1.165, 1.54) is 15.9 Å². The Labute approximate surface area is 200 Å². The third-order valence-electron chi connectivity index (χ3n) is 5.58. The average molecular weight is 512 g/mol. The number of aliphatic hydroxyl groups is 1. The largest absolute Gasteiger partial charge is 1.00 e. The van der Waals surface area contributed by atoms with Gasteiger partial charge in [0.2, 0.25) is 0 Å². The van der Waals surface area contributed by atoms with Gasteiger partial charge in [0.15, 0.2) is 0 Å². The zero-order valence-electron chi connectivity index (χ0n) is 17.1. The number of rotatable bonds is 7. The van der Waals surface area contributed by atoms with Crippen LogP contribution in [0.15, 0.2) is 115 Å². The van der Waals surface area contributed by atoms with Crippen molar-refractivity contribution in [3.63, 3.8) is 0 Å². The standard InChI is InChI=1S/C27H25ClOP.BrH/c28-23-18-16-22(17-19-23)27(29)20-21-30(24-10-4-1-5-11-24,25-12-6-2-7-13-25)26-14-8-3-9-15-26;/h1-19,27,29H,20-21H2;1H/q+1;/p-1. The molecule has 1 N–H and O–H groups in total. The minimum Gasteiger partial charge on any atom is -1.00 e. The first-order valence-electron chi connectivity index (χ1n) is 10.2. The van der Waals surface area contributed by atoms with E-state index in [-0.39, 0.29) is 17.0 Å². The molecular formula is C27H25BrClOP. The van der Waals surface area contributed by atoms with Gasteiger partial charge < -0.3 is 22.1 Å². The van der Waals surface area contributed by atoms with Crippen LogP contribution in [0.4, 0.5) is 0 Å². The topological polar surface area (TPSA) is 20.2 Å². The van der Waals surface area contributed by atoms with Gasteiger partial charge in [-0.2, -0.15) is 0 Å². The number of benzene rings is 4. The zero-order valence-corrected chi connectivity index (χ0v) is 20.3. The molecule has 0 saturated heterocycles. The summed E-state index contributed by atoms with van der Waals surface area (Å²) in [6, 6.07) is 39.8. The van der Waals surface area contributed by atoms with Gasteiger partial charge >= 0.3 is 0 Å². The summed E-state index contributed by atoms with van der Waals surface area (Å²) < 4.78 is 0. The number of halogens is 2. The molecule has 0 saturated carbocycles. The fraction of sp³-hybridized carbons (Fsp3) is 0.111. The summed E-state index contributed by atoms with van der Waals surface area (Å²) in [6.45, 7) is 0. The summed E-state index contributed by atoms with van der Waals surface area (Å²) >= 11 is 6.03. The van der Waals surface area contributed by atoms with Crippen molar-refractivity contribution in [3.05, 3.63) is 126 Å². The molecular weight excluding hydrogens is 487 g/mol. The lowest BCUT2D eigenvalue weighted by atomic mass is 10.1. The molecule has 158 valence electrons. The summed E-state index contributed by atoms with van der Waals surface area (Å²) in [7, 11) is -1.92. The van der Waals surface area contributed by atoms with Crippen LogP contribution >= 0.6 is 18.9 Å². The molecule has 4 aromatic carbocycles. The summed E-state index contributed by atoms with van der Waals surface area (Å²) in [5.74, 6) is 0. The normalized spacial score (nSPS) is 12.1. The van der Waals surface area contributed by atoms with Gasteiger partial charge in [-0.1, -0.05) is 78.3 Å². The minimum absolute atomic E-state index is 0. The molecule has 0 radical (unpaired) electrons. The Hall–Kier alpha value is -1.96. The first kappa shape index (κ1) is 23.7. The molecule has 0 fully saturated rings. The van der Waals surface area contributed by atoms with Crippen molar-refractivity contribution < 1.29 is 22.1 Å². The van der Waals surface area contributed by atoms with Crippen LogP contribution in [0.5, 0.6) is 0 Å². The lowest BCUT2D eigenvalue weighted by Gasteiger charge is -2.28. The number of hydrogen-bond acceptors (Lipinski definition) is 1. The highest BCUT2D eigenvalue weighted by Gasteiger charge is 2.45. The molecule has 0 aromatic heterocycles. The molecule has 4 aromatic rings. The van der Waals surface area contributed by atoms with Gasteiger partial charge in [-0.15, -0.1) is 0 Å². The summed E-state index contributed by atoms with van der Waals surface area (Å²) in [5.41, 5.74) is 0.909. The molecule has 0 aliphatic heterocycles. The third kappa shape index (κ3) is 5.27. The summed E-state index contributed by atoms with van der Waals surface area (Å²) in [4.78, 5) is 0. The second kappa shape index (κ2) is 11.1. The summed E-state index contributed by atoms with van der Waals surface area (Å²) in [5, 5.41) is 15.7. The van der Waals surface area contributed by atoms with Crippen LogP contribution < -0.4 is 32.9 Å². The van der Waals surface area contributed by atoms with E-state index in [1.807, 2.05) is 24.3 Å². The fourth-order valence-corrected chi connectivity index (χ4v) is 8.52. The van der Waals surface area contributed by atoms with Gasteiger partial charge in [-0.25, -0.2) is 0 Å². The third-order valence-corrected chi connectivity index (χ3v) is 10.3. The van der Waals surface area contributed by atoms with Crippen LogP contribution in [0.3, 0.4) is 0 Å². The van der Waals surface area contributed by atoms with Crippen molar-refractivity contribution in [2.75, 3.05) is 6.16 Å². The van der Waals surface area contributed by atoms with Crippen molar-refractivity contribution in [2.24, 2.45) is 0 Å². The van der Waals surface area contributed by atoms with E-state index in [0.717, 1.165) is 11.7 Å².